The molecule has 116 valence electrons. The van der Waals surface area contributed by atoms with Crippen molar-refractivity contribution in [1.29, 1.82) is 0 Å². The van der Waals surface area contributed by atoms with Crippen molar-refractivity contribution in [3.63, 3.8) is 0 Å². The number of alkyl carbamates (subject to hydrolysis) is 1. The van der Waals surface area contributed by atoms with Crippen LogP contribution in [0.1, 0.15) is 64.7 Å². The van der Waals surface area contributed by atoms with E-state index < -0.39 is 18.1 Å². The Hall–Kier alpha value is -1.26. The smallest absolute Gasteiger partial charge is 0.407 e. The van der Waals surface area contributed by atoms with E-state index in [0.29, 0.717) is 18.9 Å². The number of unbranched alkanes of at least 4 members (excludes halogenated alkanes) is 2. The number of carbonyl (C=O) groups excluding carboxylic acids is 1. The van der Waals surface area contributed by atoms with Crippen molar-refractivity contribution in [2.75, 3.05) is 6.61 Å². The average molecular weight is 285 g/mol. The number of carbonyl (C=O) groups is 2. The maximum Gasteiger partial charge on any atom is 0.407 e. The summed E-state index contributed by atoms with van der Waals surface area (Å²) >= 11 is 0. The number of ether oxygens (including phenoxy) is 1. The quantitative estimate of drug-likeness (QED) is 0.671. The summed E-state index contributed by atoms with van der Waals surface area (Å²) in [6.07, 6.45) is 8.50. The van der Waals surface area contributed by atoms with Gasteiger partial charge in [-0.2, -0.15) is 0 Å². The SMILES string of the molecule is CCCCCOC(=O)N[C@@H](CC1CCCCC1)C(=O)O. The highest BCUT2D eigenvalue weighted by Crippen LogP contribution is 2.27. The minimum atomic E-state index is -0.971. The maximum atomic E-state index is 11.6. The Morgan fingerprint density at radius 3 is 2.55 bits per heavy atom. The fourth-order valence-electron chi connectivity index (χ4n) is 2.68. The molecule has 0 saturated heterocycles. The Kier molecular flexibility index (Phi) is 8.07. The first-order valence-corrected chi connectivity index (χ1v) is 7.79. The largest absolute Gasteiger partial charge is 0.480 e. The Labute approximate surface area is 121 Å². The molecule has 1 fully saturated rings. The number of nitrogens with one attached hydrogen (secondary N) is 1. The summed E-state index contributed by atoms with van der Waals surface area (Å²) in [5.41, 5.74) is 0. The van der Waals surface area contributed by atoms with Crippen LogP contribution < -0.4 is 5.32 Å². The molecule has 1 atom stereocenters. The van der Waals surface area contributed by atoms with Crippen LogP contribution in [-0.4, -0.2) is 29.8 Å². The van der Waals surface area contributed by atoms with E-state index in [1.807, 2.05) is 0 Å². The van der Waals surface area contributed by atoms with E-state index in [9.17, 15) is 14.7 Å². The summed E-state index contributed by atoms with van der Waals surface area (Å²) in [5, 5.41) is 11.7. The van der Waals surface area contributed by atoms with E-state index in [-0.39, 0.29) is 0 Å². The molecule has 0 aromatic heterocycles. The first-order chi connectivity index (χ1) is 9.63. The van der Waals surface area contributed by atoms with E-state index in [2.05, 4.69) is 12.2 Å². The second kappa shape index (κ2) is 9.61. The van der Waals surface area contributed by atoms with Crippen molar-refractivity contribution < 1.29 is 19.4 Å². The molecule has 1 aliphatic carbocycles. The zero-order chi connectivity index (χ0) is 14.8. The van der Waals surface area contributed by atoms with E-state index >= 15 is 0 Å². The molecule has 0 heterocycles. The summed E-state index contributed by atoms with van der Waals surface area (Å²) in [6, 6.07) is -0.822. The zero-order valence-electron chi connectivity index (χ0n) is 12.4. The van der Waals surface area contributed by atoms with Crippen LogP contribution in [0.15, 0.2) is 0 Å². The fourth-order valence-corrected chi connectivity index (χ4v) is 2.68. The summed E-state index contributed by atoms with van der Waals surface area (Å²) in [7, 11) is 0. The molecule has 5 heteroatoms. The molecule has 0 spiro atoms. The Balaban J connectivity index is 2.30. The van der Waals surface area contributed by atoms with Crippen LogP contribution in [0.2, 0.25) is 0 Å². The molecule has 0 bridgehead atoms. The number of hydrogen-bond donors (Lipinski definition) is 2. The first-order valence-electron chi connectivity index (χ1n) is 7.79. The van der Waals surface area contributed by atoms with E-state index in [4.69, 9.17) is 4.74 Å². The van der Waals surface area contributed by atoms with E-state index in [0.717, 1.165) is 32.1 Å². The predicted molar refractivity (Wildman–Crippen MR) is 76.6 cm³/mol. The van der Waals surface area contributed by atoms with Gasteiger partial charge in [-0.1, -0.05) is 51.9 Å². The standard InChI is InChI=1S/C15H27NO4/c1-2-3-7-10-20-15(19)16-13(14(17)18)11-12-8-5-4-6-9-12/h12-13H,2-11H2,1H3,(H,16,19)(H,17,18)/t13-/m0/s1. The average Bonchev–Trinajstić information content (AvgIpc) is 2.44. The lowest BCUT2D eigenvalue weighted by atomic mass is 9.85. The van der Waals surface area contributed by atoms with Crippen molar-refractivity contribution >= 4 is 12.1 Å². The molecule has 0 aromatic rings. The van der Waals surface area contributed by atoms with E-state index in [1.54, 1.807) is 0 Å². The van der Waals surface area contributed by atoms with Crippen LogP contribution in [0.5, 0.6) is 0 Å². The molecule has 0 radical (unpaired) electrons. The third kappa shape index (κ3) is 6.78. The summed E-state index contributed by atoms with van der Waals surface area (Å²) in [4.78, 5) is 22.8. The molecular weight excluding hydrogens is 258 g/mol. The monoisotopic (exact) mass is 285 g/mol. The number of aliphatic carboxylic acids is 1. The normalized spacial score (nSPS) is 17.4. The van der Waals surface area contributed by atoms with Gasteiger partial charge in [-0.05, 0) is 18.8 Å². The second-order valence-corrected chi connectivity index (χ2v) is 5.62. The van der Waals surface area contributed by atoms with Gasteiger partial charge in [0.1, 0.15) is 6.04 Å². The molecule has 0 unspecified atom stereocenters. The lowest BCUT2D eigenvalue weighted by Crippen LogP contribution is -2.42. The fraction of sp³-hybridized carbons (Fsp3) is 0.867. The van der Waals surface area contributed by atoms with E-state index in [1.165, 1.54) is 19.3 Å². The van der Waals surface area contributed by atoms with Crippen LogP contribution >= 0.6 is 0 Å². The van der Waals surface area contributed by atoms with Crippen molar-refractivity contribution in [2.24, 2.45) is 5.92 Å². The topological polar surface area (TPSA) is 75.6 Å². The van der Waals surface area contributed by atoms with Gasteiger partial charge in [-0.15, -0.1) is 0 Å². The highest BCUT2D eigenvalue weighted by Gasteiger charge is 2.25. The molecule has 1 aliphatic rings. The number of hydrogen-bond acceptors (Lipinski definition) is 3. The number of carboxylic acids is 1. The lowest BCUT2D eigenvalue weighted by Gasteiger charge is -2.24. The molecule has 1 amide bonds. The Morgan fingerprint density at radius 1 is 1.25 bits per heavy atom. The number of amides is 1. The van der Waals surface area contributed by atoms with Gasteiger partial charge in [0.15, 0.2) is 0 Å². The molecule has 2 N–H and O–H groups in total. The van der Waals surface area contributed by atoms with Crippen LogP contribution in [0.25, 0.3) is 0 Å². The highest BCUT2D eigenvalue weighted by molar-refractivity contribution is 5.79. The lowest BCUT2D eigenvalue weighted by molar-refractivity contribution is -0.139. The minimum absolute atomic E-state index is 0.357. The highest BCUT2D eigenvalue weighted by atomic mass is 16.5. The van der Waals surface area contributed by atoms with Crippen LogP contribution in [0.4, 0.5) is 4.79 Å². The van der Waals surface area contributed by atoms with Gasteiger partial charge in [0, 0.05) is 0 Å². The Bertz CT molecular complexity index is 300. The molecule has 20 heavy (non-hydrogen) atoms. The third-order valence-corrected chi connectivity index (χ3v) is 3.87. The Morgan fingerprint density at radius 2 is 1.95 bits per heavy atom. The molecule has 1 saturated carbocycles. The summed E-state index contributed by atoms with van der Waals surface area (Å²) < 4.78 is 5.00. The van der Waals surface area contributed by atoms with Crippen LogP contribution in [-0.2, 0) is 9.53 Å². The number of rotatable bonds is 8. The van der Waals surface area contributed by atoms with Gasteiger partial charge >= 0.3 is 12.1 Å². The van der Waals surface area contributed by atoms with Crippen molar-refractivity contribution in [3.8, 4) is 0 Å². The summed E-state index contributed by atoms with van der Waals surface area (Å²) in [6.45, 7) is 2.43. The van der Waals surface area contributed by atoms with Gasteiger partial charge < -0.3 is 15.2 Å². The van der Waals surface area contributed by atoms with Gasteiger partial charge in [0.05, 0.1) is 6.61 Å². The van der Waals surface area contributed by atoms with Gasteiger partial charge in [-0.25, -0.2) is 9.59 Å². The molecule has 0 aromatic carbocycles. The molecular formula is C15H27NO4. The molecule has 1 rings (SSSR count). The van der Waals surface area contributed by atoms with Crippen molar-refractivity contribution in [2.45, 2.75) is 70.8 Å². The maximum absolute atomic E-state index is 11.6. The van der Waals surface area contributed by atoms with Crippen molar-refractivity contribution in [1.82, 2.24) is 5.32 Å². The minimum Gasteiger partial charge on any atom is -0.480 e. The van der Waals surface area contributed by atoms with Crippen LogP contribution in [0.3, 0.4) is 0 Å². The predicted octanol–water partition coefficient (Wildman–Crippen LogP) is 3.33. The molecule has 0 aliphatic heterocycles. The van der Waals surface area contributed by atoms with Gasteiger partial charge in [0.25, 0.3) is 0 Å². The van der Waals surface area contributed by atoms with Crippen LogP contribution in [0, 0.1) is 5.92 Å². The second-order valence-electron chi connectivity index (χ2n) is 5.62. The van der Waals surface area contributed by atoms with Gasteiger partial charge in [-0.3, -0.25) is 0 Å². The summed E-state index contributed by atoms with van der Waals surface area (Å²) in [5.74, 6) is -0.564. The first kappa shape index (κ1) is 16.8. The molecule has 5 nitrogen and oxygen atoms in total. The number of carboxylic acid groups (broad SMARTS) is 1. The van der Waals surface area contributed by atoms with Gasteiger partial charge in [0.2, 0.25) is 0 Å². The van der Waals surface area contributed by atoms with Crippen molar-refractivity contribution in [3.05, 3.63) is 0 Å². The zero-order valence-corrected chi connectivity index (χ0v) is 12.4. The third-order valence-electron chi connectivity index (χ3n) is 3.87.